The molecule has 0 aliphatic heterocycles. The fourth-order valence-electron chi connectivity index (χ4n) is 3.25. The van der Waals surface area contributed by atoms with Gasteiger partial charge in [0.2, 0.25) is 5.91 Å². The van der Waals surface area contributed by atoms with E-state index in [1.54, 1.807) is 0 Å². The number of carbonyl (C=O) groups is 2. The molecule has 6 nitrogen and oxygen atoms in total. The van der Waals surface area contributed by atoms with E-state index in [4.69, 9.17) is 5.73 Å². The van der Waals surface area contributed by atoms with E-state index in [1.807, 2.05) is 0 Å². The predicted octanol–water partition coefficient (Wildman–Crippen LogP) is 4.04. The van der Waals surface area contributed by atoms with Gasteiger partial charge in [0.1, 0.15) is 11.5 Å². The third-order valence-electron chi connectivity index (χ3n) is 4.62. The highest BCUT2D eigenvalue weighted by molar-refractivity contribution is 9.10. The molecule has 2 amide bonds. The number of hydrogen-bond acceptors (Lipinski definition) is 4. The second kappa shape index (κ2) is 7.86. The molecule has 0 saturated carbocycles. The first-order valence-corrected chi connectivity index (χ1v) is 10.2. The topological polar surface area (TPSA) is 90.0 Å². The standard InChI is InChI=1S/C17H18BrF3N4O2S/c1-8-13(18)14(17(19,20)21)24-25(8)7-11(26)23-16-12(15(22)27)9-5-3-2-4-6-10(9)28-16/h2-7H2,1H3,(H2,22,27)(H,23,26). The maximum Gasteiger partial charge on any atom is 0.436 e. The fourth-order valence-corrected chi connectivity index (χ4v) is 5.07. The molecule has 0 atom stereocenters. The van der Waals surface area contributed by atoms with Crippen LogP contribution in [0.5, 0.6) is 0 Å². The van der Waals surface area contributed by atoms with Gasteiger partial charge in [0, 0.05) is 4.88 Å². The van der Waals surface area contributed by atoms with Crippen LogP contribution in [0.3, 0.4) is 0 Å². The summed E-state index contributed by atoms with van der Waals surface area (Å²) in [5, 5.41) is 6.48. The molecule has 2 aromatic rings. The van der Waals surface area contributed by atoms with Crippen LogP contribution in [0.25, 0.3) is 0 Å². The zero-order chi connectivity index (χ0) is 20.6. The van der Waals surface area contributed by atoms with Crippen LogP contribution in [0.1, 0.15) is 51.4 Å². The number of amides is 2. The van der Waals surface area contributed by atoms with Crippen molar-refractivity contribution in [1.29, 1.82) is 0 Å². The number of carbonyl (C=O) groups excluding carboxylic acids is 2. The Hall–Kier alpha value is -1.88. The van der Waals surface area contributed by atoms with Gasteiger partial charge in [-0.3, -0.25) is 14.3 Å². The number of nitrogens with zero attached hydrogens (tertiary/aromatic N) is 2. The molecule has 1 aliphatic carbocycles. The molecule has 0 fully saturated rings. The minimum absolute atomic E-state index is 0.180. The van der Waals surface area contributed by atoms with E-state index in [2.05, 4.69) is 26.3 Å². The monoisotopic (exact) mass is 478 g/mol. The number of nitrogens with two attached hydrogens (primary N) is 1. The number of alkyl halides is 3. The highest BCUT2D eigenvalue weighted by Gasteiger charge is 2.38. The molecule has 0 spiro atoms. The zero-order valence-corrected chi connectivity index (χ0v) is 17.4. The number of fused-ring (bicyclic) bond motifs is 1. The van der Waals surface area contributed by atoms with Crippen molar-refractivity contribution in [2.75, 3.05) is 5.32 Å². The van der Waals surface area contributed by atoms with Crippen LogP contribution in [0.2, 0.25) is 0 Å². The minimum atomic E-state index is -4.63. The van der Waals surface area contributed by atoms with Gasteiger partial charge in [-0.05, 0) is 54.1 Å². The van der Waals surface area contributed by atoms with Gasteiger partial charge in [-0.25, -0.2) is 0 Å². The predicted molar refractivity (Wildman–Crippen MR) is 102 cm³/mol. The van der Waals surface area contributed by atoms with Crippen molar-refractivity contribution in [2.45, 2.75) is 51.7 Å². The Morgan fingerprint density at radius 2 is 1.96 bits per heavy atom. The van der Waals surface area contributed by atoms with E-state index in [-0.39, 0.29) is 10.2 Å². The average molecular weight is 479 g/mol. The summed E-state index contributed by atoms with van der Waals surface area (Å²) in [5.74, 6) is -1.20. The van der Waals surface area contributed by atoms with Crippen LogP contribution in [-0.2, 0) is 30.4 Å². The molecular weight excluding hydrogens is 461 g/mol. The van der Waals surface area contributed by atoms with Gasteiger partial charge in [0.15, 0.2) is 5.69 Å². The molecule has 0 unspecified atom stereocenters. The van der Waals surface area contributed by atoms with Gasteiger partial charge < -0.3 is 11.1 Å². The average Bonchev–Trinajstić information content (AvgIpc) is 2.95. The molecule has 11 heteroatoms. The van der Waals surface area contributed by atoms with Gasteiger partial charge in [-0.1, -0.05) is 6.42 Å². The maximum atomic E-state index is 13.0. The number of aryl methyl sites for hydroxylation is 1. The molecule has 1 aliphatic rings. The quantitative estimate of drug-likeness (QED) is 0.649. The van der Waals surface area contributed by atoms with Crippen molar-refractivity contribution >= 4 is 44.1 Å². The number of rotatable bonds is 4. The summed E-state index contributed by atoms with van der Waals surface area (Å²) in [7, 11) is 0. The number of primary amides is 1. The van der Waals surface area contributed by atoms with Gasteiger partial charge in [0.05, 0.1) is 15.7 Å². The summed E-state index contributed by atoms with van der Waals surface area (Å²) in [6, 6.07) is 0. The van der Waals surface area contributed by atoms with Crippen LogP contribution in [-0.4, -0.2) is 21.6 Å². The summed E-state index contributed by atoms with van der Waals surface area (Å²) < 4.78 is 39.7. The lowest BCUT2D eigenvalue weighted by Crippen LogP contribution is -2.22. The first kappa shape index (κ1) is 20.8. The number of nitrogens with one attached hydrogen (secondary N) is 1. The van der Waals surface area contributed by atoms with Crippen molar-refractivity contribution in [1.82, 2.24) is 9.78 Å². The first-order valence-electron chi connectivity index (χ1n) is 8.64. The maximum absolute atomic E-state index is 13.0. The smallest absolute Gasteiger partial charge is 0.365 e. The minimum Gasteiger partial charge on any atom is -0.365 e. The zero-order valence-electron chi connectivity index (χ0n) is 15.0. The Balaban J connectivity index is 1.84. The molecule has 2 aromatic heterocycles. The molecular formula is C17H18BrF3N4O2S. The van der Waals surface area contributed by atoms with Crippen molar-refractivity contribution in [2.24, 2.45) is 5.73 Å². The summed E-state index contributed by atoms with van der Waals surface area (Å²) in [4.78, 5) is 25.4. The van der Waals surface area contributed by atoms with Crippen LogP contribution < -0.4 is 11.1 Å². The van der Waals surface area contributed by atoms with Gasteiger partial charge in [-0.2, -0.15) is 18.3 Å². The number of halogens is 4. The second-order valence-electron chi connectivity index (χ2n) is 6.58. The Morgan fingerprint density at radius 1 is 1.29 bits per heavy atom. The van der Waals surface area contributed by atoms with Crippen LogP contribution in [0.15, 0.2) is 4.47 Å². The Bertz CT molecular complexity index is 936. The molecule has 3 N–H and O–H groups in total. The van der Waals surface area contributed by atoms with Crippen LogP contribution in [0.4, 0.5) is 18.2 Å². The lowest BCUT2D eigenvalue weighted by molar-refractivity contribution is -0.142. The van der Waals surface area contributed by atoms with Gasteiger partial charge >= 0.3 is 6.18 Å². The SMILES string of the molecule is Cc1c(Br)c(C(F)(F)F)nn1CC(=O)Nc1sc2c(c1C(N)=O)CCCCC2. The van der Waals surface area contributed by atoms with Crippen LogP contribution >= 0.6 is 27.3 Å². The lowest BCUT2D eigenvalue weighted by atomic mass is 10.1. The van der Waals surface area contributed by atoms with E-state index in [9.17, 15) is 22.8 Å². The van der Waals surface area contributed by atoms with Crippen LogP contribution in [0, 0.1) is 6.92 Å². The highest BCUT2D eigenvalue weighted by atomic mass is 79.9. The molecule has 2 heterocycles. The number of anilines is 1. The second-order valence-corrected chi connectivity index (χ2v) is 8.48. The summed E-state index contributed by atoms with van der Waals surface area (Å²) in [5.41, 5.74) is 5.81. The number of thiophene rings is 1. The van der Waals surface area contributed by atoms with Crippen molar-refractivity contribution in [3.05, 3.63) is 31.9 Å². The lowest BCUT2D eigenvalue weighted by Gasteiger charge is -2.08. The first-order chi connectivity index (χ1) is 13.1. The molecule has 3 rings (SSSR count). The Labute approximate surface area is 171 Å². The number of hydrogen-bond donors (Lipinski definition) is 2. The third kappa shape index (κ3) is 4.09. The molecule has 0 saturated heterocycles. The van der Waals surface area contributed by atoms with Crippen molar-refractivity contribution in [3.63, 3.8) is 0 Å². The number of aromatic nitrogens is 2. The highest BCUT2D eigenvalue weighted by Crippen LogP contribution is 2.38. The molecule has 152 valence electrons. The molecule has 0 radical (unpaired) electrons. The summed E-state index contributed by atoms with van der Waals surface area (Å²) >= 11 is 4.18. The van der Waals surface area contributed by atoms with Crippen molar-refractivity contribution < 1.29 is 22.8 Å². The van der Waals surface area contributed by atoms with Gasteiger partial charge in [0.25, 0.3) is 5.91 Å². The van der Waals surface area contributed by atoms with Gasteiger partial charge in [-0.15, -0.1) is 11.3 Å². The van der Waals surface area contributed by atoms with E-state index in [1.165, 1.54) is 18.3 Å². The normalized spacial score (nSPS) is 14.5. The molecule has 0 bridgehead atoms. The molecule has 28 heavy (non-hydrogen) atoms. The van der Waals surface area contributed by atoms with E-state index in [0.29, 0.717) is 10.6 Å². The summed E-state index contributed by atoms with van der Waals surface area (Å²) in [6.45, 7) is 1.02. The van der Waals surface area contributed by atoms with E-state index >= 15 is 0 Å². The Kier molecular flexibility index (Phi) is 5.85. The van der Waals surface area contributed by atoms with Crippen molar-refractivity contribution in [3.8, 4) is 0 Å². The summed E-state index contributed by atoms with van der Waals surface area (Å²) in [6.07, 6.45) is -0.0829. The van der Waals surface area contributed by atoms with E-state index in [0.717, 1.165) is 47.2 Å². The Morgan fingerprint density at radius 3 is 2.57 bits per heavy atom. The molecule has 0 aromatic carbocycles. The largest absolute Gasteiger partial charge is 0.436 e. The van der Waals surface area contributed by atoms with E-state index < -0.39 is 30.2 Å². The fraction of sp³-hybridized carbons (Fsp3) is 0.471. The third-order valence-corrected chi connectivity index (χ3v) is 6.77.